The molecule has 4 heteroatoms. The van der Waals surface area contributed by atoms with Crippen molar-refractivity contribution in [1.82, 2.24) is 0 Å². The van der Waals surface area contributed by atoms with Crippen LogP contribution < -0.4 is 4.90 Å². The van der Waals surface area contributed by atoms with E-state index in [0.717, 1.165) is 28.7 Å². The maximum Gasteiger partial charge on any atom is 0.251 e. The van der Waals surface area contributed by atoms with Crippen molar-refractivity contribution in [2.24, 2.45) is 0 Å². The highest BCUT2D eigenvalue weighted by Gasteiger charge is 2.22. The summed E-state index contributed by atoms with van der Waals surface area (Å²) in [5, 5.41) is 0.668. The van der Waals surface area contributed by atoms with Crippen LogP contribution in [0.25, 0.3) is 6.08 Å². The van der Waals surface area contributed by atoms with E-state index < -0.39 is 0 Å². The Labute approximate surface area is 137 Å². The van der Waals surface area contributed by atoms with E-state index in [-0.39, 0.29) is 5.91 Å². The molecule has 0 unspecified atom stereocenters. The third-order valence-electron chi connectivity index (χ3n) is 3.47. The number of halogens is 2. The lowest BCUT2D eigenvalue weighted by Crippen LogP contribution is -2.26. The molecule has 0 saturated heterocycles. The fourth-order valence-corrected chi connectivity index (χ4v) is 3.07. The molecule has 1 aliphatic rings. The molecule has 0 bridgehead atoms. The van der Waals surface area contributed by atoms with Gasteiger partial charge in [-0.1, -0.05) is 39.7 Å². The molecule has 0 atom stereocenters. The van der Waals surface area contributed by atoms with Crippen LogP contribution in [-0.4, -0.2) is 12.5 Å². The lowest BCUT2D eigenvalue weighted by Gasteiger charge is -2.15. The lowest BCUT2D eigenvalue weighted by molar-refractivity contribution is -0.114. The number of carbonyl (C=O) groups excluding carboxylic acids is 1. The maximum atomic E-state index is 12.3. The van der Waals surface area contributed by atoms with Gasteiger partial charge in [0.05, 0.1) is 0 Å². The van der Waals surface area contributed by atoms with Crippen LogP contribution in [0, 0.1) is 0 Å². The number of carbonyl (C=O) groups is 1. The van der Waals surface area contributed by atoms with Gasteiger partial charge in [-0.15, -0.1) is 0 Å². The fourth-order valence-electron chi connectivity index (χ4n) is 2.47. The van der Waals surface area contributed by atoms with Crippen molar-refractivity contribution in [3.63, 3.8) is 0 Å². The highest BCUT2D eigenvalue weighted by molar-refractivity contribution is 9.10. The van der Waals surface area contributed by atoms with E-state index in [2.05, 4.69) is 22.0 Å². The van der Waals surface area contributed by atoms with Gasteiger partial charge in [0.15, 0.2) is 0 Å². The van der Waals surface area contributed by atoms with Gasteiger partial charge < -0.3 is 4.90 Å². The van der Waals surface area contributed by atoms with Crippen molar-refractivity contribution in [3.8, 4) is 0 Å². The minimum Gasteiger partial charge on any atom is -0.308 e. The molecule has 0 N–H and O–H groups in total. The first-order valence-electron chi connectivity index (χ1n) is 6.67. The van der Waals surface area contributed by atoms with Gasteiger partial charge >= 0.3 is 0 Å². The van der Waals surface area contributed by atoms with Gasteiger partial charge in [0.1, 0.15) is 0 Å². The Kier molecular flexibility index (Phi) is 4.13. The Balaban J connectivity index is 1.79. The standard InChI is InChI=1S/C17H13BrClNO/c18-14-5-6-16-13(11-14)8-9-20(16)17(21)7-4-12-2-1-3-15(19)10-12/h1-7,10-11H,8-9H2. The molecule has 1 heterocycles. The largest absolute Gasteiger partial charge is 0.308 e. The normalized spacial score (nSPS) is 13.7. The molecule has 0 aliphatic carbocycles. The molecule has 21 heavy (non-hydrogen) atoms. The van der Waals surface area contributed by atoms with Gasteiger partial charge in [-0.3, -0.25) is 4.79 Å². The molecule has 1 amide bonds. The number of anilines is 1. The summed E-state index contributed by atoms with van der Waals surface area (Å²) in [5.74, 6) is -0.00366. The third kappa shape index (κ3) is 3.20. The molecule has 0 radical (unpaired) electrons. The lowest BCUT2D eigenvalue weighted by atomic mass is 10.2. The van der Waals surface area contributed by atoms with Crippen molar-refractivity contribution in [3.05, 3.63) is 69.2 Å². The molecule has 0 fully saturated rings. The second-order valence-electron chi connectivity index (χ2n) is 4.90. The van der Waals surface area contributed by atoms with Crippen LogP contribution in [-0.2, 0) is 11.2 Å². The highest BCUT2D eigenvalue weighted by atomic mass is 79.9. The molecule has 1 aliphatic heterocycles. The monoisotopic (exact) mass is 361 g/mol. The Morgan fingerprint density at radius 2 is 2.10 bits per heavy atom. The Morgan fingerprint density at radius 3 is 2.90 bits per heavy atom. The predicted octanol–water partition coefficient (Wildman–Crippen LogP) is 4.71. The van der Waals surface area contributed by atoms with Crippen LogP contribution in [0.4, 0.5) is 5.69 Å². The molecular formula is C17H13BrClNO. The molecule has 3 rings (SSSR count). The molecule has 0 spiro atoms. The first-order chi connectivity index (χ1) is 10.1. The average molecular weight is 363 g/mol. The summed E-state index contributed by atoms with van der Waals surface area (Å²) in [6.07, 6.45) is 4.29. The number of nitrogens with zero attached hydrogens (tertiary/aromatic N) is 1. The Bertz CT molecular complexity index is 726. The van der Waals surface area contributed by atoms with Crippen LogP contribution >= 0.6 is 27.5 Å². The maximum absolute atomic E-state index is 12.3. The summed E-state index contributed by atoms with van der Waals surface area (Å²) in [6, 6.07) is 13.5. The zero-order valence-corrected chi connectivity index (χ0v) is 13.6. The van der Waals surface area contributed by atoms with Crippen molar-refractivity contribution >= 4 is 45.2 Å². The smallest absolute Gasteiger partial charge is 0.251 e. The predicted molar refractivity (Wildman–Crippen MR) is 90.7 cm³/mol. The van der Waals surface area contributed by atoms with E-state index in [1.54, 1.807) is 12.2 Å². The van der Waals surface area contributed by atoms with Gasteiger partial charge in [-0.2, -0.15) is 0 Å². The summed E-state index contributed by atoms with van der Waals surface area (Å²) in [6.45, 7) is 0.727. The van der Waals surface area contributed by atoms with Crippen molar-refractivity contribution in [2.45, 2.75) is 6.42 Å². The van der Waals surface area contributed by atoms with E-state index in [0.29, 0.717) is 5.02 Å². The average Bonchev–Trinajstić information content (AvgIpc) is 2.88. The van der Waals surface area contributed by atoms with Crippen LogP contribution in [0.15, 0.2) is 53.0 Å². The van der Waals surface area contributed by atoms with Gasteiger partial charge in [-0.05, 0) is 54.0 Å². The minimum atomic E-state index is -0.00366. The van der Waals surface area contributed by atoms with Crippen molar-refractivity contribution in [1.29, 1.82) is 0 Å². The number of hydrogen-bond donors (Lipinski definition) is 0. The molecule has 2 aromatic rings. The topological polar surface area (TPSA) is 20.3 Å². The summed E-state index contributed by atoms with van der Waals surface area (Å²) in [4.78, 5) is 14.2. The van der Waals surface area contributed by atoms with Gasteiger partial charge in [0, 0.05) is 27.8 Å². The zero-order chi connectivity index (χ0) is 14.8. The Morgan fingerprint density at radius 1 is 1.24 bits per heavy atom. The van der Waals surface area contributed by atoms with Gasteiger partial charge in [-0.25, -0.2) is 0 Å². The van der Waals surface area contributed by atoms with Crippen LogP contribution in [0.2, 0.25) is 5.02 Å². The van der Waals surface area contributed by atoms with Gasteiger partial charge in [0.25, 0.3) is 5.91 Å². The summed E-state index contributed by atoms with van der Waals surface area (Å²) >= 11 is 9.40. The fraction of sp³-hybridized carbons (Fsp3) is 0.118. The number of amides is 1. The third-order valence-corrected chi connectivity index (χ3v) is 4.20. The number of rotatable bonds is 2. The molecular weight excluding hydrogens is 350 g/mol. The minimum absolute atomic E-state index is 0.00366. The summed E-state index contributed by atoms with van der Waals surface area (Å²) in [5.41, 5.74) is 3.12. The quantitative estimate of drug-likeness (QED) is 0.709. The van der Waals surface area contributed by atoms with E-state index >= 15 is 0 Å². The molecule has 106 valence electrons. The first-order valence-corrected chi connectivity index (χ1v) is 7.84. The van der Waals surface area contributed by atoms with Crippen molar-refractivity contribution in [2.75, 3.05) is 11.4 Å². The molecule has 2 aromatic carbocycles. The molecule has 0 saturated carbocycles. The van der Waals surface area contributed by atoms with E-state index in [1.165, 1.54) is 5.56 Å². The highest BCUT2D eigenvalue weighted by Crippen LogP contribution is 2.30. The van der Waals surface area contributed by atoms with E-state index in [1.807, 2.05) is 41.3 Å². The second-order valence-corrected chi connectivity index (χ2v) is 6.25. The summed E-state index contributed by atoms with van der Waals surface area (Å²) in [7, 11) is 0. The SMILES string of the molecule is O=C(C=Cc1cccc(Cl)c1)N1CCc2cc(Br)ccc21. The molecule has 2 nitrogen and oxygen atoms in total. The van der Waals surface area contributed by atoms with E-state index in [4.69, 9.17) is 11.6 Å². The van der Waals surface area contributed by atoms with E-state index in [9.17, 15) is 4.79 Å². The Hall–Kier alpha value is -1.58. The molecule has 0 aromatic heterocycles. The first kappa shape index (κ1) is 14.4. The zero-order valence-electron chi connectivity index (χ0n) is 11.2. The number of hydrogen-bond acceptors (Lipinski definition) is 1. The summed E-state index contributed by atoms with van der Waals surface area (Å²) < 4.78 is 1.05. The number of fused-ring (bicyclic) bond motifs is 1. The van der Waals surface area contributed by atoms with Gasteiger partial charge in [0.2, 0.25) is 0 Å². The van der Waals surface area contributed by atoms with Crippen LogP contribution in [0.5, 0.6) is 0 Å². The second kappa shape index (κ2) is 6.04. The van der Waals surface area contributed by atoms with Crippen molar-refractivity contribution < 1.29 is 4.79 Å². The van der Waals surface area contributed by atoms with Crippen LogP contribution in [0.3, 0.4) is 0 Å². The van der Waals surface area contributed by atoms with Crippen LogP contribution in [0.1, 0.15) is 11.1 Å². The number of benzene rings is 2.